The van der Waals surface area contributed by atoms with Gasteiger partial charge in [-0.1, -0.05) is 25.1 Å². The largest absolute Gasteiger partial charge is 0.459 e. The van der Waals surface area contributed by atoms with E-state index in [1.165, 1.54) is 0 Å². The van der Waals surface area contributed by atoms with Crippen molar-refractivity contribution in [3.05, 3.63) is 35.9 Å². The van der Waals surface area contributed by atoms with Gasteiger partial charge >= 0.3 is 5.97 Å². The van der Waals surface area contributed by atoms with Crippen LogP contribution in [0.4, 0.5) is 0 Å². The molecule has 1 fully saturated rings. The molecule has 2 rings (SSSR count). The highest BCUT2D eigenvalue weighted by Crippen LogP contribution is 2.33. The molecule has 1 aromatic carbocycles. The molecule has 3 atom stereocenters. The maximum absolute atomic E-state index is 11.8. The quantitative estimate of drug-likeness (QED) is 0.816. The fraction of sp³-hybridized carbons (Fsp3) is 0.500. The van der Waals surface area contributed by atoms with E-state index >= 15 is 0 Å². The summed E-state index contributed by atoms with van der Waals surface area (Å²) >= 11 is 0. The Bertz CT molecular complexity index is 374. The third kappa shape index (κ3) is 2.86. The lowest BCUT2D eigenvalue weighted by Crippen LogP contribution is -2.15. The van der Waals surface area contributed by atoms with Crippen LogP contribution in [0.25, 0.3) is 0 Å². The summed E-state index contributed by atoms with van der Waals surface area (Å²) in [6.07, 6.45) is 1.58. The number of hydrogen-bond donors (Lipinski definition) is 1. The standard InChI is InChI=1S/C14H18O3/c1-10-7-13(8-12(10)9-15)17-14(16)11-5-3-2-4-6-11/h2-6,10,12-13,15H,7-9H2,1H3/t10-,12+,13+/m0/s1. The number of benzene rings is 1. The van der Waals surface area contributed by atoms with Gasteiger partial charge in [0.25, 0.3) is 0 Å². The molecule has 0 aromatic heterocycles. The molecule has 1 saturated carbocycles. The summed E-state index contributed by atoms with van der Waals surface area (Å²) in [6, 6.07) is 9.03. The van der Waals surface area contributed by atoms with E-state index in [1.807, 2.05) is 18.2 Å². The third-order valence-corrected chi connectivity index (χ3v) is 3.52. The van der Waals surface area contributed by atoms with Gasteiger partial charge in [0.1, 0.15) is 6.10 Å². The number of rotatable bonds is 3. The molecule has 0 radical (unpaired) electrons. The topological polar surface area (TPSA) is 46.5 Å². The van der Waals surface area contributed by atoms with Gasteiger partial charge in [-0.25, -0.2) is 4.79 Å². The fourth-order valence-corrected chi connectivity index (χ4v) is 2.42. The molecule has 0 bridgehead atoms. The summed E-state index contributed by atoms with van der Waals surface area (Å²) in [7, 11) is 0. The van der Waals surface area contributed by atoms with Crippen molar-refractivity contribution in [2.45, 2.75) is 25.9 Å². The Labute approximate surface area is 101 Å². The van der Waals surface area contributed by atoms with Crippen LogP contribution in [0.3, 0.4) is 0 Å². The molecule has 0 unspecified atom stereocenters. The molecular weight excluding hydrogens is 216 g/mol. The van der Waals surface area contributed by atoms with Crippen molar-refractivity contribution in [1.82, 2.24) is 0 Å². The Kier molecular flexibility index (Phi) is 3.79. The SMILES string of the molecule is C[C@H]1C[C@@H](OC(=O)c2ccccc2)C[C@@H]1CO. The number of carbonyl (C=O) groups excluding carboxylic acids is 1. The van der Waals surface area contributed by atoms with Crippen LogP contribution < -0.4 is 0 Å². The van der Waals surface area contributed by atoms with Crippen molar-refractivity contribution in [3.63, 3.8) is 0 Å². The van der Waals surface area contributed by atoms with Crippen molar-refractivity contribution >= 4 is 5.97 Å². The number of esters is 1. The zero-order chi connectivity index (χ0) is 12.3. The second-order valence-electron chi connectivity index (χ2n) is 4.78. The van der Waals surface area contributed by atoms with E-state index in [0.29, 0.717) is 11.5 Å². The average molecular weight is 234 g/mol. The van der Waals surface area contributed by atoms with Gasteiger partial charge in [0.05, 0.1) is 5.56 Å². The van der Waals surface area contributed by atoms with E-state index in [1.54, 1.807) is 12.1 Å². The molecule has 92 valence electrons. The Hall–Kier alpha value is -1.35. The van der Waals surface area contributed by atoms with Gasteiger partial charge in [-0.05, 0) is 36.8 Å². The molecule has 0 heterocycles. The zero-order valence-electron chi connectivity index (χ0n) is 10.0. The summed E-state index contributed by atoms with van der Waals surface area (Å²) < 4.78 is 5.45. The van der Waals surface area contributed by atoms with Gasteiger partial charge < -0.3 is 9.84 Å². The molecule has 1 N–H and O–H groups in total. The fourth-order valence-electron chi connectivity index (χ4n) is 2.42. The summed E-state index contributed by atoms with van der Waals surface area (Å²) in [5, 5.41) is 9.16. The van der Waals surface area contributed by atoms with Crippen LogP contribution in [0, 0.1) is 11.8 Å². The van der Waals surface area contributed by atoms with E-state index in [9.17, 15) is 4.79 Å². The second kappa shape index (κ2) is 5.32. The van der Waals surface area contributed by atoms with E-state index in [4.69, 9.17) is 9.84 Å². The number of aliphatic hydroxyl groups is 1. The first kappa shape index (κ1) is 12.1. The van der Waals surface area contributed by atoms with Gasteiger partial charge in [0.2, 0.25) is 0 Å². The molecule has 0 spiro atoms. The third-order valence-electron chi connectivity index (χ3n) is 3.52. The van der Waals surface area contributed by atoms with E-state index in [0.717, 1.165) is 12.8 Å². The maximum atomic E-state index is 11.8. The van der Waals surface area contributed by atoms with E-state index in [-0.39, 0.29) is 24.6 Å². The lowest BCUT2D eigenvalue weighted by molar-refractivity contribution is 0.0299. The predicted octanol–water partition coefficient (Wildman–Crippen LogP) is 2.25. The summed E-state index contributed by atoms with van der Waals surface area (Å²) in [5.41, 5.74) is 0.590. The highest BCUT2D eigenvalue weighted by molar-refractivity contribution is 5.89. The Morgan fingerprint density at radius 2 is 2.06 bits per heavy atom. The first-order valence-electron chi connectivity index (χ1n) is 6.07. The van der Waals surface area contributed by atoms with Crippen LogP contribution in [0.2, 0.25) is 0 Å². The zero-order valence-corrected chi connectivity index (χ0v) is 10.0. The lowest BCUT2D eigenvalue weighted by Gasteiger charge is -2.11. The molecular formula is C14H18O3. The molecule has 0 aliphatic heterocycles. The highest BCUT2D eigenvalue weighted by Gasteiger charge is 2.33. The molecule has 3 nitrogen and oxygen atoms in total. The summed E-state index contributed by atoms with van der Waals surface area (Å²) in [5.74, 6) is 0.429. The van der Waals surface area contributed by atoms with Crippen LogP contribution in [0.1, 0.15) is 30.1 Å². The van der Waals surface area contributed by atoms with Crippen LogP contribution in [0.5, 0.6) is 0 Å². The van der Waals surface area contributed by atoms with Crippen LogP contribution in [-0.4, -0.2) is 23.8 Å². The van der Waals surface area contributed by atoms with E-state index in [2.05, 4.69) is 6.92 Å². The van der Waals surface area contributed by atoms with Gasteiger partial charge in [-0.2, -0.15) is 0 Å². The lowest BCUT2D eigenvalue weighted by atomic mass is 10.00. The number of ether oxygens (including phenoxy) is 1. The van der Waals surface area contributed by atoms with Crippen molar-refractivity contribution in [3.8, 4) is 0 Å². The van der Waals surface area contributed by atoms with Gasteiger partial charge in [0.15, 0.2) is 0 Å². The number of hydrogen-bond acceptors (Lipinski definition) is 3. The molecule has 0 amide bonds. The second-order valence-corrected chi connectivity index (χ2v) is 4.78. The number of carbonyl (C=O) groups is 1. The van der Waals surface area contributed by atoms with Gasteiger partial charge in [-0.15, -0.1) is 0 Å². The van der Waals surface area contributed by atoms with Crippen molar-refractivity contribution < 1.29 is 14.6 Å². The molecule has 17 heavy (non-hydrogen) atoms. The Balaban J connectivity index is 1.93. The summed E-state index contributed by atoms with van der Waals surface area (Å²) in [4.78, 5) is 11.8. The first-order chi connectivity index (χ1) is 8.20. The van der Waals surface area contributed by atoms with Crippen LogP contribution >= 0.6 is 0 Å². The molecule has 1 aliphatic rings. The van der Waals surface area contributed by atoms with Crippen molar-refractivity contribution in [1.29, 1.82) is 0 Å². The van der Waals surface area contributed by atoms with Crippen LogP contribution in [0.15, 0.2) is 30.3 Å². The molecule has 1 aliphatic carbocycles. The van der Waals surface area contributed by atoms with Gasteiger partial charge in [-0.3, -0.25) is 0 Å². The average Bonchev–Trinajstić information content (AvgIpc) is 2.70. The van der Waals surface area contributed by atoms with Crippen LogP contribution in [-0.2, 0) is 4.74 Å². The number of aliphatic hydroxyl groups excluding tert-OH is 1. The maximum Gasteiger partial charge on any atom is 0.338 e. The van der Waals surface area contributed by atoms with Crippen molar-refractivity contribution in [2.24, 2.45) is 11.8 Å². The molecule has 0 saturated heterocycles. The summed E-state index contributed by atoms with van der Waals surface area (Å²) in [6.45, 7) is 2.28. The smallest absolute Gasteiger partial charge is 0.338 e. The highest BCUT2D eigenvalue weighted by atomic mass is 16.5. The Morgan fingerprint density at radius 1 is 1.35 bits per heavy atom. The Morgan fingerprint density at radius 3 is 2.65 bits per heavy atom. The monoisotopic (exact) mass is 234 g/mol. The first-order valence-corrected chi connectivity index (χ1v) is 6.07. The normalized spacial score (nSPS) is 28.0. The minimum atomic E-state index is -0.263. The minimum absolute atomic E-state index is 0.0464. The molecule has 3 heteroatoms. The minimum Gasteiger partial charge on any atom is -0.459 e. The van der Waals surface area contributed by atoms with E-state index < -0.39 is 0 Å². The van der Waals surface area contributed by atoms with Gasteiger partial charge in [0, 0.05) is 6.61 Å². The van der Waals surface area contributed by atoms with Crippen molar-refractivity contribution in [2.75, 3.05) is 6.61 Å². The molecule has 1 aromatic rings. The predicted molar refractivity (Wildman–Crippen MR) is 64.6 cm³/mol.